The number of piperazine rings is 1. The van der Waals surface area contributed by atoms with Gasteiger partial charge in [0.1, 0.15) is 11.5 Å². The molecule has 1 aliphatic rings. The Labute approximate surface area is 160 Å². The summed E-state index contributed by atoms with van der Waals surface area (Å²) in [6.07, 6.45) is 0. The van der Waals surface area contributed by atoms with Crippen LogP contribution >= 0.6 is 0 Å². The van der Waals surface area contributed by atoms with Crippen molar-refractivity contribution in [1.82, 2.24) is 10.2 Å². The van der Waals surface area contributed by atoms with Crippen LogP contribution in [-0.4, -0.2) is 50.8 Å². The van der Waals surface area contributed by atoms with E-state index < -0.39 is 0 Å². The number of urea groups is 1. The average molecular weight is 369 g/mol. The molecule has 1 fully saturated rings. The Morgan fingerprint density at radius 3 is 2.59 bits per heavy atom. The van der Waals surface area contributed by atoms with Crippen molar-refractivity contribution in [2.75, 3.05) is 44.8 Å². The van der Waals surface area contributed by atoms with Gasteiger partial charge in [-0.1, -0.05) is 24.3 Å². The Bertz CT molecular complexity index is 758. The molecule has 0 atom stereocenters. The van der Waals surface area contributed by atoms with E-state index in [2.05, 4.69) is 16.3 Å². The summed E-state index contributed by atoms with van der Waals surface area (Å²) in [6.45, 7) is 6.07. The maximum Gasteiger partial charge on any atom is 0.317 e. The SMILES string of the molecule is CCOc1ccccc1N1CCN(C(=O)NCc2cccc(OC)c2)CC1. The Hall–Kier alpha value is -2.89. The summed E-state index contributed by atoms with van der Waals surface area (Å²) in [6, 6.07) is 15.8. The second-order valence-electron chi connectivity index (χ2n) is 6.39. The lowest BCUT2D eigenvalue weighted by atomic mass is 10.2. The summed E-state index contributed by atoms with van der Waals surface area (Å²) >= 11 is 0. The number of nitrogens with one attached hydrogen (secondary N) is 1. The minimum Gasteiger partial charge on any atom is -0.497 e. The van der Waals surface area contributed by atoms with Gasteiger partial charge in [-0.2, -0.15) is 0 Å². The predicted molar refractivity (Wildman–Crippen MR) is 107 cm³/mol. The normalized spacial score (nSPS) is 14.0. The van der Waals surface area contributed by atoms with E-state index in [0.717, 1.165) is 35.8 Å². The van der Waals surface area contributed by atoms with Gasteiger partial charge in [-0.3, -0.25) is 0 Å². The molecule has 0 saturated carbocycles. The molecule has 144 valence electrons. The minimum absolute atomic E-state index is 0.0319. The van der Waals surface area contributed by atoms with E-state index in [4.69, 9.17) is 9.47 Å². The fourth-order valence-electron chi connectivity index (χ4n) is 3.22. The number of para-hydroxylation sites is 2. The van der Waals surface area contributed by atoms with E-state index in [9.17, 15) is 4.79 Å². The van der Waals surface area contributed by atoms with Crippen LogP contribution in [0, 0.1) is 0 Å². The number of rotatable bonds is 6. The zero-order chi connectivity index (χ0) is 19.1. The number of nitrogens with zero attached hydrogens (tertiary/aromatic N) is 2. The first-order valence-corrected chi connectivity index (χ1v) is 9.33. The van der Waals surface area contributed by atoms with Crippen molar-refractivity contribution < 1.29 is 14.3 Å². The fraction of sp³-hybridized carbons (Fsp3) is 0.381. The van der Waals surface area contributed by atoms with Crippen LogP contribution in [0.3, 0.4) is 0 Å². The third kappa shape index (κ3) is 4.84. The molecule has 6 heteroatoms. The Kier molecular flexibility index (Phi) is 6.41. The number of hydrogen-bond acceptors (Lipinski definition) is 4. The number of methoxy groups -OCH3 is 1. The average Bonchev–Trinajstić information content (AvgIpc) is 2.73. The van der Waals surface area contributed by atoms with Crippen molar-refractivity contribution in [1.29, 1.82) is 0 Å². The number of carbonyl (C=O) groups is 1. The van der Waals surface area contributed by atoms with Crippen molar-refractivity contribution in [3.05, 3.63) is 54.1 Å². The van der Waals surface area contributed by atoms with Gasteiger partial charge in [-0.25, -0.2) is 4.79 Å². The maximum absolute atomic E-state index is 12.5. The van der Waals surface area contributed by atoms with Crippen molar-refractivity contribution in [2.24, 2.45) is 0 Å². The molecule has 0 radical (unpaired) electrons. The molecule has 1 N–H and O–H groups in total. The van der Waals surface area contributed by atoms with E-state index in [1.807, 2.05) is 54.3 Å². The number of amides is 2. The molecular weight excluding hydrogens is 342 g/mol. The van der Waals surface area contributed by atoms with E-state index in [-0.39, 0.29) is 6.03 Å². The van der Waals surface area contributed by atoms with Crippen LogP contribution < -0.4 is 19.7 Å². The summed E-state index contributed by atoms with van der Waals surface area (Å²) in [4.78, 5) is 16.6. The smallest absolute Gasteiger partial charge is 0.317 e. The molecule has 6 nitrogen and oxygen atoms in total. The van der Waals surface area contributed by atoms with Gasteiger partial charge in [-0.05, 0) is 36.8 Å². The molecule has 2 aromatic carbocycles. The third-order valence-electron chi connectivity index (χ3n) is 4.65. The van der Waals surface area contributed by atoms with E-state index in [1.165, 1.54) is 0 Å². The van der Waals surface area contributed by atoms with Gasteiger partial charge < -0.3 is 24.6 Å². The third-order valence-corrected chi connectivity index (χ3v) is 4.65. The summed E-state index contributed by atoms with van der Waals surface area (Å²) in [5.74, 6) is 1.69. The summed E-state index contributed by atoms with van der Waals surface area (Å²) in [5.41, 5.74) is 2.11. The number of ether oxygens (including phenoxy) is 2. The number of anilines is 1. The minimum atomic E-state index is -0.0319. The van der Waals surface area contributed by atoms with E-state index in [0.29, 0.717) is 26.2 Å². The molecular formula is C21H27N3O3. The van der Waals surface area contributed by atoms with Gasteiger partial charge in [0.25, 0.3) is 0 Å². The Morgan fingerprint density at radius 2 is 1.85 bits per heavy atom. The number of carbonyl (C=O) groups excluding carboxylic acids is 1. The fourth-order valence-corrected chi connectivity index (χ4v) is 3.22. The molecule has 2 aromatic rings. The largest absolute Gasteiger partial charge is 0.497 e. The van der Waals surface area contributed by atoms with Crippen molar-refractivity contribution in [2.45, 2.75) is 13.5 Å². The van der Waals surface area contributed by atoms with Crippen molar-refractivity contribution in [3.8, 4) is 11.5 Å². The van der Waals surface area contributed by atoms with Crippen LogP contribution in [0.15, 0.2) is 48.5 Å². The first-order chi connectivity index (χ1) is 13.2. The lowest BCUT2D eigenvalue weighted by Gasteiger charge is -2.36. The van der Waals surface area contributed by atoms with Crippen LogP contribution in [-0.2, 0) is 6.54 Å². The topological polar surface area (TPSA) is 54.0 Å². The zero-order valence-corrected chi connectivity index (χ0v) is 16.0. The Morgan fingerprint density at radius 1 is 1.07 bits per heavy atom. The Balaban J connectivity index is 1.52. The van der Waals surface area contributed by atoms with E-state index in [1.54, 1.807) is 7.11 Å². The first kappa shape index (κ1) is 18.9. The molecule has 27 heavy (non-hydrogen) atoms. The van der Waals surface area contributed by atoms with Crippen LogP contribution in [0.2, 0.25) is 0 Å². The summed E-state index contributed by atoms with van der Waals surface area (Å²) < 4.78 is 10.9. The molecule has 1 aliphatic heterocycles. The lowest BCUT2D eigenvalue weighted by Crippen LogP contribution is -2.51. The molecule has 3 rings (SSSR count). The molecule has 0 bridgehead atoms. The van der Waals surface area contributed by atoms with Crippen LogP contribution in [0.4, 0.5) is 10.5 Å². The van der Waals surface area contributed by atoms with Gasteiger partial charge in [-0.15, -0.1) is 0 Å². The lowest BCUT2D eigenvalue weighted by molar-refractivity contribution is 0.193. The first-order valence-electron chi connectivity index (χ1n) is 9.33. The van der Waals surface area contributed by atoms with Crippen molar-refractivity contribution in [3.63, 3.8) is 0 Å². The molecule has 0 unspecified atom stereocenters. The molecule has 1 saturated heterocycles. The van der Waals surface area contributed by atoms with Gasteiger partial charge in [0, 0.05) is 32.7 Å². The highest BCUT2D eigenvalue weighted by Gasteiger charge is 2.22. The van der Waals surface area contributed by atoms with Crippen LogP contribution in [0.25, 0.3) is 0 Å². The van der Waals surface area contributed by atoms with Crippen molar-refractivity contribution >= 4 is 11.7 Å². The maximum atomic E-state index is 12.5. The summed E-state index contributed by atoms with van der Waals surface area (Å²) in [7, 11) is 1.64. The zero-order valence-electron chi connectivity index (χ0n) is 16.0. The van der Waals surface area contributed by atoms with Gasteiger partial charge in [0.2, 0.25) is 0 Å². The standard InChI is InChI=1S/C21H27N3O3/c1-3-27-20-10-5-4-9-19(20)23-11-13-24(14-12-23)21(25)22-16-17-7-6-8-18(15-17)26-2/h4-10,15H,3,11-14,16H2,1-2H3,(H,22,25). The molecule has 0 spiro atoms. The highest BCUT2D eigenvalue weighted by atomic mass is 16.5. The molecule has 1 heterocycles. The molecule has 0 aliphatic carbocycles. The van der Waals surface area contributed by atoms with Gasteiger partial charge in [0.15, 0.2) is 0 Å². The van der Waals surface area contributed by atoms with E-state index >= 15 is 0 Å². The number of hydrogen-bond donors (Lipinski definition) is 1. The monoisotopic (exact) mass is 369 g/mol. The number of benzene rings is 2. The van der Waals surface area contributed by atoms with Crippen LogP contribution in [0.1, 0.15) is 12.5 Å². The molecule has 0 aromatic heterocycles. The molecule has 2 amide bonds. The predicted octanol–water partition coefficient (Wildman–Crippen LogP) is 3.13. The van der Waals surface area contributed by atoms with Gasteiger partial charge in [0.05, 0.1) is 19.4 Å². The highest BCUT2D eigenvalue weighted by molar-refractivity contribution is 5.74. The highest BCUT2D eigenvalue weighted by Crippen LogP contribution is 2.28. The second kappa shape index (κ2) is 9.16. The quantitative estimate of drug-likeness (QED) is 0.850. The van der Waals surface area contributed by atoms with Crippen LogP contribution in [0.5, 0.6) is 11.5 Å². The summed E-state index contributed by atoms with van der Waals surface area (Å²) in [5, 5.41) is 2.99. The second-order valence-corrected chi connectivity index (χ2v) is 6.39. The van der Waals surface area contributed by atoms with Gasteiger partial charge >= 0.3 is 6.03 Å².